The lowest BCUT2D eigenvalue weighted by Gasteiger charge is -2.28. The molecule has 0 spiro atoms. The Bertz CT molecular complexity index is 969. The third-order valence-electron chi connectivity index (χ3n) is 5.65. The highest BCUT2D eigenvalue weighted by atomic mass is 19.4. The Morgan fingerprint density at radius 2 is 1.94 bits per heavy atom. The monoisotopic (exact) mass is 483 g/mol. The summed E-state index contributed by atoms with van der Waals surface area (Å²) < 4.78 is 42.3. The van der Waals surface area contributed by atoms with Crippen LogP contribution < -0.4 is 16.0 Å². The molecule has 0 saturated carbocycles. The van der Waals surface area contributed by atoms with Crippen molar-refractivity contribution in [1.82, 2.24) is 34.9 Å². The molecule has 0 aliphatic carbocycles. The molecule has 34 heavy (non-hydrogen) atoms. The molecule has 1 aliphatic rings. The summed E-state index contributed by atoms with van der Waals surface area (Å²) >= 11 is 0. The van der Waals surface area contributed by atoms with E-state index in [4.69, 9.17) is 0 Å². The van der Waals surface area contributed by atoms with Crippen LogP contribution >= 0.6 is 0 Å². The number of nitrogens with one attached hydrogen (secondary N) is 3. The standard InChI is InChI=1S/C21H32F3N9O/c1-14-17(13-33(30-14)15-6-10-32(4)11-7-15)28-19-27-12-16(21(22,23)24)18(29-19)25-8-5-9-26-20(34)31(2)3/h12-13,15H,5-11H2,1-4H3,(H,26,34)(H2,25,27,28,29). The maximum atomic E-state index is 13.5. The van der Waals surface area contributed by atoms with E-state index >= 15 is 0 Å². The summed E-state index contributed by atoms with van der Waals surface area (Å²) in [5.41, 5.74) is 0.415. The van der Waals surface area contributed by atoms with Crippen molar-refractivity contribution in [2.24, 2.45) is 0 Å². The van der Waals surface area contributed by atoms with Crippen molar-refractivity contribution in [2.75, 3.05) is 58.0 Å². The van der Waals surface area contributed by atoms with Crippen LogP contribution in [-0.4, -0.2) is 82.9 Å². The molecule has 0 unspecified atom stereocenters. The lowest BCUT2D eigenvalue weighted by Crippen LogP contribution is -2.35. The number of anilines is 3. The van der Waals surface area contributed by atoms with Crippen molar-refractivity contribution in [2.45, 2.75) is 38.4 Å². The maximum absolute atomic E-state index is 13.5. The molecule has 3 heterocycles. The average Bonchev–Trinajstić information content (AvgIpc) is 3.13. The van der Waals surface area contributed by atoms with Gasteiger partial charge in [-0.1, -0.05) is 0 Å². The third-order valence-corrected chi connectivity index (χ3v) is 5.65. The summed E-state index contributed by atoms with van der Waals surface area (Å²) in [6.45, 7) is 4.32. The molecule has 1 saturated heterocycles. The van der Waals surface area contributed by atoms with Gasteiger partial charge in [0.1, 0.15) is 11.4 Å². The Kier molecular flexibility index (Phi) is 8.18. The van der Waals surface area contributed by atoms with Crippen LogP contribution in [0.15, 0.2) is 12.4 Å². The minimum Gasteiger partial charge on any atom is -0.369 e. The van der Waals surface area contributed by atoms with E-state index in [0.29, 0.717) is 24.3 Å². The number of aromatic nitrogens is 4. The molecule has 2 amide bonds. The Hall–Kier alpha value is -3.09. The molecular formula is C21H32F3N9O. The number of piperidine rings is 1. The quantitative estimate of drug-likeness (QED) is 0.496. The minimum atomic E-state index is -4.60. The van der Waals surface area contributed by atoms with E-state index in [1.807, 2.05) is 17.8 Å². The second-order valence-electron chi connectivity index (χ2n) is 8.63. The number of alkyl halides is 3. The third kappa shape index (κ3) is 6.72. The first-order valence-electron chi connectivity index (χ1n) is 11.2. The predicted molar refractivity (Wildman–Crippen MR) is 123 cm³/mol. The fourth-order valence-electron chi connectivity index (χ4n) is 3.60. The number of carbonyl (C=O) groups excluding carboxylic acids is 1. The number of amides is 2. The molecule has 0 radical (unpaired) electrons. The molecule has 0 aromatic carbocycles. The topological polar surface area (TPSA) is 103 Å². The summed E-state index contributed by atoms with van der Waals surface area (Å²) in [6.07, 6.45) is 0.407. The van der Waals surface area contributed by atoms with Crippen molar-refractivity contribution in [3.63, 3.8) is 0 Å². The van der Waals surface area contributed by atoms with Crippen LogP contribution in [0.3, 0.4) is 0 Å². The van der Waals surface area contributed by atoms with Gasteiger partial charge in [-0.05, 0) is 46.3 Å². The van der Waals surface area contributed by atoms with Crippen LogP contribution in [0.4, 0.5) is 35.4 Å². The number of hydrogen-bond acceptors (Lipinski definition) is 7. The smallest absolute Gasteiger partial charge is 0.369 e. The molecule has 0 bridgehead atoms. The molecule has 3 N–H and O–H groups in total. The van der Waals surface area contributed by atoms with Crippen LogP contribution in [0.2, 0.25) is 0 Å². The van der Waals surface area contributed by atoms with Gasteiger partial charge < -0.3 is 25.8 Å². The van der Waals surface area contributed by atoms with Crippen LogP contribution in [0, 0.1) is 6.92 Å². The molecule has 1 aliphatic heterocycles. The molecule has 13 heteroatoms. The zero-order valence-electron chi connectivity index (χ0n) is 19.9. The molecule has 1 fully saturated rings. The van der Waals surface area contributed by atoms with E-state index < -0.39 is 11.7 Å². The molecule has 3 rings (SSSR count). The first-order chi connectivity index (χ1) is 16.0. The summed E-state index contributed by atoms with van der Waals surface area (Å²) in [7, 11) is 5.31. The molecule has 0 atom stereocenters. The van der Waals surface area contributed by atoms with Crippen molar-refractivity contribution < 1.29 is 18.0 Å². The van der Waals surface area contributed by atoms with Crippen molar-refractivity contribution >= 4 is 23.5 Å². The van der Waals surface area contributed by atoms with Crippen LogP contribution in [0.1, 0.15) is 36.6 Å². The van der Waals surface area contributed by atoms with Gasteiger partial charge in [0.2, 0.25) is 5.95 Å². The number of rotatable bonds is 8. The van der Waals surface area contributed by atoms with E-state index in [-0.39, 0.29) is 30.4 Å². The highest BCUT2D eigenvalue weighted by Crippen LogP contribution is 2.34. The van der Waals surface area contributed by atoms with Crippen LogP contribution in [-0.2, 0) is 6.18 Å². The van der Waals surface area contributed by atoms with Gasteiger partial charge in [-0.2, -0.15) is 23.3 Å². The van der Waals surface area contributed by atoms with Gasteiger partial charge in [-0.15, -0.1) is 0 Å². The Morgan fingerprint density at radius 1 is 1.24 bits per heavy atom. The number of halogens is 3. The predicted octanol–water partition coefficient (Wildman–Crippen LogP) is 3.08. The first-order valence-corrected chi connectivity index (χ1v) is 11.2. The largest absolute Gasteiger partial charge is 0.421 e. The SMILES string of the molecule is Cc1nn(C2CCN(C)CC2)cc1Nc1ncc(C(F)(F)F)c(NCCCNC(=O)N(C)C)n1. The fraction of sp³-hybridized carbons (Fsp3) is 0.619. The number of aryl methyl sites for hydroxylation is 1. The Balaban J connectivity index is 1.67. The molecular weight excluding hydrogens is 451 g/mol. The summed E-state index contributed by atoms with van der Waals surface area (Å²) in [6, 6.07) is 0.0184. The van der Waals surface area contributed by atoms with E-state index in [1.165, 1.54) is 4.90 Å². The molecule has 2 aromatic heterocycles. The molecule has 2 aromatic rings. The summed E-state index contributed by atoms with van der Waals surface area (Å²) in [4.78, 5) is 23.1. The van der Waals surface area contributed by atoms with Crippen molar-refractivity contribution in [3.05, 3.63) is 23.7 Å². The van der Waals surface area contributed by atoms with Crippen LogP contribution in [0.25, 0.3) is 0 Å². The Morgan fingerprint density at radius 3 is 2.59 bits per heavy atom. The first kappa shape index (κ1) is 25.5. The van der Waals surface area contributed by atoms with Crippen LogP contribution in [0.5, 0.6) is 0 Å². The number of likely N-dealkylation sites (tertiary alicyclic amines) is 1. The van der Waals surface area contributed by atoms with E-state index in [1.54, 1.807) is 14.1 Å². The average molecular weight is 484 g/mol. The van der Waals surface area contributed by atoms with Gasteiger partial charge in [0, 0.05) is 39.6 Å². The zero-order valence-corrected chi connectivity index (χ0v) is 19.9. The molecule has 188 valence electrons. The second kappa shape index (κ2) is 10.9. The van der Waals surface area contributed by atoms with Crippen molar-refractivity contribution in [3.8, 4) is 0 Å². The zero-order chi connectivity index (χ0) is 24.9. The van der Waals surface area contributed by atoms with E-state index in [2.05, 4.69) is 43.0 Å². The number of hydrogen-bond donors (Lipinski definition) is 3. The molecule has 10 nitrogen and oxygen atoms in total. The highest BCUT2D eigenvalue weighted by Gasteiger charge is 2.35. The maximum Gasteiger partial charge on any atom is 0.421 e. The highest BCUT2D eigenvalue weighted by molar-refractivity contribution is 5.73. The van der Waals surface area contributed by atoms with Gasteiger partial charge in [-0.3, -0.25) is 4.68 Å². The summed E-state index contributed by atoms with van der Waals surface area (Å²) in [5.74, 6) is -0.272. The minimum absolute atomic E-state index is 0.0439. The lowest BCUT2D eigenvalue weighted by atomic mass is 10.1. The normalized spacial score (nSPS) is 15.3. The lowest BCUT2D eigenvalue weighted by molar-refractivity contribution is -0.137. The van der Waals surface area contributed by atoms with Gasteiger partial charge in [-0.25, -0.2) is 9.78 Å². The van der Waals surface area contributed by atoms with Gasteiger partial charge in [0.15, 0.2) is 0 Å². The van der Waals surface area contributed by atoms with Gasteiger partial charge in [0.25, 0.3) is 0 Å². The number of nitrogens with zero attached hydrogens (tertiary/aromatic N) is 6. The van der Waals surface area contributed by atoms with E-state index in [9.17, 15) is 18.0 Å². The van der Waals surface area contributed by atoms with E-state index in [0.717, 1.165) is 32.1 Å². The van der Waals surface area contributed by atoms with Gasteiger partial charge in [0.05, 0.1) is 17.4 Å². The number of urea groups is 1. The fourth-order valence-corrected chi connectivity index (χ4v) is 3.60. The number of carbonyl (C=O) groups is 1. The Labute approximate surface area is 196 Å². The van der Waals surface area contributed by atoms with Crippen molar-refractivity contribution in [1.29, 1.82) is 0 Å². The van der Waals surface area contributed by atoms with Gasteiger partial charge >= 0.3 is 12.2 Å². The summed E-state index contributed by atoms with van der Waals surface area (Å²) in [5, 5.41) is 13.0. The second-order valence-corrected chi connectivity index (χ2v) is 8.63.